The number of halogens is 3. The van der Waals surface area contributed by atoms with Crippen LogP contribution in [0.1, 0.15) is 23.6 Å². The van der Waals surface area contributed by atoms with Crippen molar-refractivity contribution >= 4 is 11.5 Å². The van der Waals surface area contributed by atoms with Crippen molar-refractivity contribution in [1.29, 1.82) is 0 Å². The molecule has 166 valence electrons. The highest BCUT2D eigenvalue weighted by molar-refractivity contribution is 6.17. The molecule has 0 saturated carbocycles. The van der Waals surface area contributed by atoms with Crippen molar-refractivity contribution in [2.75, 3.05) is 6.61 Å². The van der Waals surface area contributed by atoms with E-state index in [0.29, 0.717) is 11.1 Å². The molecule has 0 spiro atoms. The van der Waals surface area contributed by atoms with Gasteiger partial charge in [-0.05, 0) is 23.6 Å². The number of esters is 1. The number of rotatable bonds is 8. The third kappa shape index (κ3) is 6.00. The molecule has 0 aliphatic rings. The quantitative estimate of drug-likeness (QED) is 0.308. The van der Waals surface area contributed by atoms with Crippen molar-refractivity contribution in [3.05, 3.63) is 113 Å². The molecule has 32 heavy (non-hydrogen) atoms. The molecule has 0 saturated heterocycles. The zero-order valence-corrected chi connectivity index (χ0v) is 17.7. The maximum atomic E-state index is 14.6. The first-order valence-corrected chi connectivity index (χ1v) is 10.3. The standard InChI is InChI=1S/C26H24F3NO2/c1-2-32-25(31)23(22-16-10-5-11-17-22)24(26(27,28)29)30(18-20-12-6-3-7-13-20)19-21-14-8-4-9-15-21/h3-17H,2,18-19H2,1H3/b24-23-. The minimum atomic E-state index is -4.79. The Morgan fingerprint density at radius 3 is 1.62 bits per heavy atom. The number of alkyl halides is 3. The smallest absolute Gasteiger partial charge is 0.432 e. The second kappa shape index (κ2) is 10.7. The minimum absolute atomic E-state index is 0.0275. The molecule has 0 aliphatic carbocycles. The summed E-state index contributed by atoms with van der Waals surface area (Å²) in [6.45, 7) is 1.48. The normalized spacial score (nSPS) is 12.1. The van der Waals surface area contributed by atoms with Gasteiger partial charge in [0.2, 0.25) is 0 Å². The number of carbonyl (C=O) groups is 1. The number of nitrogens with zero attached hydrogens (tertiary/aromatic N) is 1. The summed E-state index contributed by atoms with van der Waals surface area (Å²) in [6, 6.07) is 25.6. The summed E-state index contributed by atoms with van der Waals surface area (Å²) in [5, 5.41) is 0. The molecule has 0 radical (unpaired) electrons. The van der Waals surface area contributed by atoms with Gasteiger partial charge in [0.05, 0.1) is 12.2 Å². The molecule has 0 heterocycles. The Bertz CT molecular complexity index is 991. The lowest BCUT2D eigenvalue weighted by Crippen LogP contribution is -2.34. The highest BCUT2D eigenvalue weighted by Crippen LogP contribution is 2.37. The highest BCUT2D eigenvalue weighted by atomic mass is 19.4. The average Bonchev–Trinajstić information content (AvgIpc) is 2.78. The number of hydrogen-bond donors (Lipinski definition) is 0. The second-order valence-corrected chi connectivity index (χ2v) is 7.14. The van der Waals surface area contributed by atoms with Crippen molar-refractivity contribution in [3.8, 4) is 0 Å². The van der Waals surface area contributed by atoms with E-state index in [0.717, 1.165) is 0 Å². The van der Waals surface area contributed by atoms with Gasteiger partial charge >= 0.3 is 12.1 Å². The monoisotopic (exact) mass is 439 g/mol. The van der Waals surface area contributed by atoms with Crippen molar-refractivity contribution in [3.63, 3.8) is 0 Å². The lowest BCUT2D eigenvalue weighted by Gasteiger charge is -2.31. The molecule has 6 heteroatoms. The van der Waals surface area contributed by atoms with Crippen LogP contribution in [-0.4, -0.2) is 23.7 Å². The van der Waals surface area contributed by atoms with Crippen LogP contribution in [0.15, 0.2) is 96.7 Å². The van der Waals surface area contributed by atoms with Crippen LogP contribution in [0.25, 0.3) is 5.57 Å². The number of ether oxygens (including phenoxy) is 1. The van der Waals surface area contributed by atoms with Crippen LogP contribution in [0.5, 0.6) is 0 Å². The van der Waals surface area contributed by atoms with E-state index in [9.17, 15) is 18.0 Å². The predicted molar refractivity (Wildman–Crippen MR) is 118 cm³/mol. The largest absolute Gasteiger partial charge is 0.462 e. The van der Waals surface area contributed by atoms with Crippen molar-refractivity contribution in [2.45, 2.75) is 26.2 Å². The van der Waals surface area contributed by atoms with Crippen molar-refractivity contribution < 1.29 is 22.7 Å². The Balaban J connectivity index is 2.22. The van der Waals surface area contributed by atoms with E-state index in [2.05, 4.69) is 0 Å². The third-order valence-electron chi connectivity index (χ3n) is 4.80. The van der Waals surface area contributed by atoms with E-state index in [-0.39, 0.29) is 25.3 Å². The molecule has 0 fully saturated rings. The van der Waals surface area contributed by atoms with Crippen molar-refractivity contribution in [1.82, 2.24) is 4.90 Å². The van der Waals surface area contributed by atoms with E-state index < -0.39 is 23.4 Å². The molecule has 0 amide bonds. The molecule has 3 nitrogen and oxygen atoms in total. The zero-order valence-electron chi connectivity index (χ0n) is 17.7. The molecule has 3 aromatic carbocycles. The maximum Gasteiger partial charge on any atom is 0.432 e. The number of hydrogen-bond acceptors (Lipinski definition) is 3. The summed E-state index contributed by atoms with van der Waals surface area (Å²) >= 11 is 0. The van der Waals surface area contributed by atoms with Gasteiger partial charge in [-0.3, -0.25) is 0 Å². The SMILES string of the molecule is CCOC(=O)/C(=C(\N(Cc1ccccc1)Cc1ccccc1)C(F)(F)F)c1ccccc1. The molecule has 0 atom stereocenters. The molecular formula is C26H24F3NO2. The number of allylic oxidation sites excluding steroid dienone is 1. The van der Waals surface area contributed by atoms with Gasteiger partial charge in [0.25, 0.3) is 0 Å². The highest BCUT2D eigenvalue weighted by Gasteiger charge is 2.43. The summed E-state index contributed by atoms with van der Waals surface area (Å²) in [6.07, 6.45) is -4.79. The fraction of sp³-hybridized carbons (Fsp3) is 0.192. The molecule has 0 unspecified atom stereocenters. The Labute approximate surface area is 185 Å². The van der Waals surface area contributed by atoms with E-state index >= 15 is 0 Å². The van der Waals surface area contributed by atoms with Crippen LogP contribution in [-0.2, 0) is 22.6 Å². The first-order valence-electron chi connectivity index (χ1n) is 10.3. The molecule has 0 aromatic heterocycles. The van der Waals surface area contributed by atoms with Gasteiger partial charge in [-0.1, -0.05) is 91.0 Å². The molecule has 0 aliphatic heterocycles. The van der Waals surface area contributed by atoms with E-state index in [1.165, 1.54) is 17.0 Å². The first kappa shape index (κ1) is 23.1. The van der Waals surface area contributed by atoms with E-state index in [1.807, 2.05) is 0 Å². The topological polar surface area (TPSA) is 29.5 Å². The predicted octanol–water partition coefficient (Wildman–Crippen LogP) is 6.23. The summed E-state index contributed by atoms with van der Waals surface area (Å²) < 4.78 is 48.9. The lowest BCUT2D eigenvalue weighted by atomic mass is 10.0. The van der Waals surface area contributed by atoms with Crippen LogP contribution < -0.4 is 0 Å². The van der Waals surface area contributed by atoms with Gasteiger partial charge < -0.3 is 9.64 Å². The Hall–Kier alpha value is -3.54. The van der Waals surface area contributed by atoms with Crippen molar-refractivity contribution in [2.24, 2.45) is 0 Å². The zero-order chi connectivity index (χ0) is 23.0. The summed E-state index contributed by atoms with van der Waals surface area (Å²) in [5.41, 5.74) is 0.0361. The summed E-state index contributed by atoms with van der Waals surface area (Å²) in [4.78, 5) is 14.0. The maximum absolute atomic E-state index is 14.6. The first-order chi connectivity index (χ1) is 15.4. The molecular weight excluding hydrogens is 415 g/mol. The van der Waals surface area contributed by atoms with E-state index in [1.54, 1.807) is 85.8 Å². The minimum Gasteiger partial charge on any atom is -0.462 e. The van der Waals surface area contributed by atoms with Gasteiger partial charge in [0.1, 0.15) is 5.70 Å². The number of benzene rings is 3. The second-order valence-electron chi connectivity index (χ2n) is 7.14. The molecule has 3 aromatic rings. The number of carbonyl (C=O) groups excluding carboxylic acids is 1. The van der Waals surface area contributed by atoms with Gasteiger partial charge in [-0.25, -0.2) is 4.79 Å². The molecule has 0 bridgehead atoms. The lowest BCUT2D eigenvalue weighted by molar-refractivity contribution is -0.138. The average molecular weight is 439 g/mol. The third-order valence-corrected chi connectivity index (χ3v) is 4.80. The summed E-state index contributed by atoms with van der Waals surface area (Å²) in [5.74, 6) is -1.00. The van der Waals surface area contributed by atoms with Gasteiger partial charge in [0.15, 0.2) is 0 Å². The summed E-state index contributed by atoms with van der Waals surface area (Å²) in [7, 11) is 0. The fourth-order valence-corrected chi connectivity index (χ4v) is 3.46. The van der Waals surface area contributed by atoms with Gasteiger partial charge in [-0.2, -0.15) is 13.2 Å². The molecule has 3 rings (SSSR count). The molecule has 0 N–H and O–H groups in total. The van der Waals surface area contributed by atoms with Crippen LogP contribution in [0.4, 0.5) is 13.2 Å². The van der Waals surface area contributed by atoms with Crippen LogP contribution >= 0.6 is 0 Å². The Kier molecular flexibility index (Phi) is 7.71. The van der Waals surface area contributed by atoms with Gasteiger partial charge in [-0.15, -0.1) is 0 Å². The van der Waals surface area contributed by atoms with Crippen LogP contribution in [0.3, 0.4) is 0 Å². The van der Waals surface area contributed by atoms with Gasteiger partial charge in [0, 0.05) is 13.1 Å². The Morgan fingerprint density at radius 2 is 1.22 bits per heavy atom. The Morgan fingerprint density at radius 1 is 0.781 bits per heavy atom. The fourth-order valence-electron chi connectivity index (χ4n) is 3.46. The van der Waals surface area contributed by atoms with Crippen LogP contribution in [0, 0.1) is 0 Å². The van der Waals surface area contributed by atoms with E-state index in [4.69, 9.17) is 4.74 Å². The van der Waals surface area contributed by atoms with Crippen LogP contribution in [0.2, 0.25) is 0 Å².